The van der Waals surface area contributed by atoms with Gasteiger partial charge in [-0.05, 0) is 42.8 Å². The first kappa shape index (κ1) is 19.4. The van der Waals surface area contributed by atoms with Gasteiger partial charge < -0.3 is 4.74 Å². The Morgan fingerprint density at radius 1 is 1.21 bits per heavy atom. The molecule has 9 heteroatoms. The van der Waals surface area contributed by atoms with Crippen molar-refractivity contribution >= 4 is 44.2 Å². The third-order valence-corrected chi connectivity index (χ3v) is 6.01. The van der Waals surface area contributed by atoms with E-state index in [0.29, 0.717) is 40.2 Å². The van der Waals surface area contributed by atoms with Gasteiger partial charge in [0.05, 0.1) is 23.4 Å². The summed E-state index contributed by atoms with van der Waals surface area (Å²) in [5.74, 6) is 0.428. The lowest BCUT2D eigenvalue weighted by Gasteiger charge is -2.20. The minimum absolute atomic E-state index is 0.185. The predicted molar refractivity (Wildman–Crippen MR) is 114 cm³/mol. The maximum absolute atomic E-state index is 13.5. The van der Waals surface area contributed by atoms with Gasteiger partial charge in [0.2, 0.25) is 0 Å². The normalized spacial score (nSPS) is 11.0. The van der Waals surface area contributed by atoms with E-state index in [-0.39, 0.29) is 5.91 Å². The number of halogens is 1. The number of fused-ring (bicyclic) bond motifs is 1. The Morgan fingerprint density at radius 2 is 2.00 bits per heavy atom. The highest BCUT2D eigenvalue weighted by Crippen LogP contribution is 2.39. The van der Waals surface area contributed by atoms with E-state index in [1.807, 2.05) is 19.1 Å². The largest absolute Gasteiger partial charge is 0.494 e. The van der Waals surface area contributed by atoms with Crippen LogP contribution in [0.1, 0.15) is 23.0 Å². The molecule has 4 rings (SSSR count). The van der Waals surface area contributed by atoms with E-state index < -0.39 is 0 Å². The molecule has 0 aliphatic rings. The number of aromatic nitrogens is 4. The number of amides is 1. The number of rotatable bonds is 6. The lowest BCUT2D eigenvalue weighted by Crippen LogP contribution is -2.32. The zero-order valence-corrected chi connectivity index (χ0v) is 17.4. The minimum atomic E-state index is -0.185. The SMILES string of the molecule is CCn1nccc1C(=O)N(Cc1ccncc1)c1nc2c(OC)ccc(Cl)c2s1. The van der Waals surface area contributed by atoms with Crippen LogP contribution >= 0.6 is 22.9 Å². The fourth-order valence-electron chi connectivity index (χ4n) is 3.02. The molecule has 0 bridgehead atoms. The fourth-order valence-corrected chi connectivity index (χ4v) is 4.28. The Labute approximate surface area is 176 Å². The summed E-state index contributed by atoms with van der Waals surface area (Å²) in [5, 5.41) is 5.33. The number of carbonyl (C=O) groups is 1. The van der Waals surface area contributed by atoms with Crippen molar-refractivity contribution in [2.45, 2.75) is 20.0 Å². The van der Waals surface area contributed by atoms with Gasteiger partial charge in [0.1, 0.15) is 17.0 Å². The molecule has 3 aromatic heterocycles. The zero-order valence-electron chi connectivity index (χ0n) is 15.9. The van der Waals surface area contributed by atoms with Gasteiger partial charge in [0, 0.05) is 25.1 Å². The molecule has 4 aromatic rings. The van der Waals surface area contributed by atoms with E-state index >= 15 is 0 Å². The molecule has 148 valence electrons. The molecule has 0 aliphatic heterocycles. The van der Waals surface area contributed by atoms with Gasteiger partial charge in [0.25, 0.3) is 5.91 Å². The summed E-state index contributed by atoms with van der Waals surface area (Å²) in [4.78, 5) is 23.8. The van der Waals surface area contributed by atoms with E-state index in [1.165, 1.54) is 11.3 Å². The number of benzene rings is 1. The number of nitrogens with zero attached hydrogens (tertiary/aromatic N) is 5. The molecule has 0 aliphatic carbocycles. The molecule has 0 spiro atoms. The van der Waals surface area contributed by atoms with Gasteiger partial charge in [-0.1, -0.05) is 22.9 Å². The fraction of sp³-hybridized carbons (Fsp3) is 0.200. The van der Waals surface area contributed by atoms with Crippen LogP contribution in [0.2, 0.25) is 5.02 Å². The van der Waals surface area contributed by atoms with Crippen molar-refractivity contribution in [1.82, 2.24) is 19.7 Å². The molecule has 0 fully saturated rings. The van der Waals surface area contributed by atoms with Crippen molar-refractivity contribution in [1.29, 1.82) is 0 Å². The number of methoxy groups -OCH3 is 1. The summed E-state index contributed by atoms with van der Waals surface area (Å²) in [5.41, 5.74) is 2.07. The van der Waals surface area contributed by atoms with Gasteiger partial charge in [-0.2, -0.15) is 5.10 Å². The van der Waals surface area contributed by atoms with Crippen LogP contribution in [-0.4, -0.2) is 32.8 Å². The van der Waals surface area contributed by atoms with Crippen LogP contribution in [0.25, 0.3) is 10.2 Å². The topological polar surface area (TPSA) is 73.1 Å². The smallest absolute Gasteiger partial charge is 0.278 e. The minimum Gasteiger partial charge on any atom is -0.494 e. The summed E-state index contributed by atoms with van der Waals surface area (Å²) in [7, 11) is 1.58. The highest BCUT2D eigenvalue weighted by molar-refractivity contribution is 7.23. The molecule has 0 saturated heterocycles. The maximum atomic E-state index is 13.5. The number of carbonyl (C=O) groups excluding carboxylic acids is 1. The highest BCUT2D eigenvalue weighted by Gasteiger charge is 2.25. The Kier molecular flexibility index (Phi) is 5.46. The summed E-state index contributed by atoms with van der Waals surface area (Å²) >= 11 is 7.74. The van der Waals surface area contributed by atoms with Gasteiger partial charge in [-0.3, -0.25) is 19.4 Å². The summed E-state index contributed by atoms with van der Waals surface area (Å²) in [6, 6.07) is 9.00. The van der Waals surface area contributed by atoms with Gasteiger partial charge >= 0.3 is 0 Å². The van der Waals surface area contributed by atoms with Crippen LogP contribution in [0.3, 0.4) is 0 Å². The monoisotopic (exact) mass is 427 g/mol. The van der Waals surface area contributed by atoms with Crippen molar-refractivity contribution in [2.75, 3.05) is 12.0 Å². The van der Waals surface area contributed by atoms with Crippen LogP contribution in [0.15, 0.2) is 48.9 Å². The number of ether oxygens (including phenoxy) is 1. The van der Waals surface area contributed by atoms with E-state index in [2.05, 4.69) is 10.1 Å². The average molecular weight is 428 g/mol. The van der Waals surface area contributed by atoms with Crippen LogP contribution in [0, 0.1) is 0 Å². The first-order chi connectivity index (χ1) is 14.1. The second-order valence-electron chi connectivity index (χ2n) is 6.20. The van der Waals surface area contributed by atoms with E-state index in [1.54, 1.807) is 53.5 Å². The first-order valence-corrected chi connectivity index (χ1v) is 10.2. The van der Waals surface area contributed by atoms with Crippen molar-refractivity contribution in [3.8, 4) is 5.75 Å². The second-order valence-corrected chi connectivity index (χ2v) is 7.59. The van der Waals surface area contributed by atoms with Crippen molar-refractivity contribution < 1.29 is 9.53 Å². The van der Waals surface area contributed by atoms with Crippen molar-refractivity contribution in [2.24, 2.45) is 0 Å². The third kappa shape index (κ3) is 3.68. The maximum Gasteiger partial charge on any atom is 0.278 e. The molecule has 7 nitrogen and oxygen atoms in total. The molecule has 0 radical (unpaired) electrons. The highest BCUT2D eigenvalue weighted by atomic mass is 35.5. The average Bonchev–Trinajstić information content (AvgIpc) is 3.40. The lowest BCUT2D eigenvalue weighted by atomic mass is 10.2. The molecular formula is C20H18ClN5O2S. The number of hydrogen-bond donors (Lipinski definition) is 0. The van der Waals surface area contributed by atoms with Crippen molar-refractivity contribution in [3.05, 3.63) is 65.2 Å². The molecule has 3 heterocycles. The van der Waals surface area contributed by atoms with E-state index in [9.17, 15) is 4.79 Å². The molecule has 0 atom stereocenters. The molecule has 1 aromatic carbocycles. The Balaban J connectivity index is 1.83. The standard InChI is InChI=1S/C20H18ClN5O2S/c1-3-26-15(8-11-23-26)19(27)25(12-13-6-9-22-10-7-13)20-24-17-16(28-2)5-4-14(21)18(17)29-20/h4-11H,3,12H2,1-2H3. The van der Waals surface area contributed by atoms with Crippen LogP contribution in [0.4, 0.5) is 5.13 Å². The lowest BCUT2D eigenvalue weighted by molar-refractivity contribution is 0.0975. The third-order valence-electron chi connectivity index (χ3n) is 4.47. The molecule has 0 N–H and O–H groups in total. The number of pyridine rings is 1. The Morgan fingerprint density at radius 3 is 2.72 bits per heavy atom. The van der Waals surface area contributed by atoms with Crippen molar-refractivity contribution in [3.63, 3.8) is 0 Å². The molecule has 0 saturated carbocycles. The zero-order chi connectivity index (χ0) is 20.4. The number of thiazole rings is 1. The predicted octanol–water partition coefficient (Wildman–Crippen LogP) is 4.42. The van der Waals surface area contributed by atoms with Crippen LogP contribution in [-0.2, 0) is 13.1 Å². The van der Waals surface area contributed by atoms with E-state index in [0.717, 1.165) is 10.3 Å². The van der Waals surface area contributed by atoms with Crippen LogP contribution < -0.4 is 9.64 Å². The number of hydrogen-bond acceptors (Lipinski definition) is 6. The molecule has 1 amide bonds. The summed E-state index contributed by atoms with van der Waals surface area (Å²) in [6.07, 6.45) is 5.03. The molecule has 0 unspecified atom stereocenters. The Hall–Kier alpha value is -2.97. The number of aryl methyl sites for hydroxylation is 1. The second kappa shape index (κ2) is 8.18. The van der Waals surface area contributed by atoms with Gasteiger partial charge in [-0.15, -0.1) is 0 Å². The summed E-state index contributed by atoms with van der Waals surface area (Å²) < 4.78 is 7.87. The van der Waals surface area contributed by atoms with E-state index in [4.69, 9.17) is 21.3 Å². The quantitative estimate of drug-likeness (QED) is 0.455. The number of anilines is 1. The summed E-state index contributed by atoms with van der Waals surface area (Å²) in [6.45, 7) is 2.88. The first-order valence-electron chi connectivity index (χ1n) is 8.98. The van der Waals surface area contributed by atoms with Gasteiger partial charge in [-0.25, -0.2) is 4.98 Å². The van der Waals surface area contributed by atoms with Crippen LogP contribution in [0.5, 0.6) is 5.75 Å². The van der Waals surface area contributed by atoms with Gasteiger partial charge in [0.15, 0.2) is 5.13 Å². The Bertz CT molecular complexity index is 1160. The molecule has 29 heavy (non-hydrogen) atoms. The molecular weight excluding hydrogens is 410 g/mol.